The van der Waals surface area contributed by atoms with Crippen molar-refractivity contribution < 1.29 is 13.9 Å². The molecule has 0 unspecified atom stereocenters. The number of amides is 1. The molecule has 2 aromatic heterocycles. The maximum Gasteiger partial charge on any atom is 0.255 e. The van der Waals surface area contributed by atoms with Crippen LogP contribution in [0.5, 0.6) is 5.75 Å². The summed E-state index contributed by atoms with van der Waals surface area (Å²) in [6, 6.07) is 13.6. The molecule has 2 N–H and O–H groups in total. The first-order valence-electron chi connectivity index (χ1n) is 11.8. The third-order valence-electron chi connectivity index (χ3n) is 6.14. The number of methoxy groups -OCH3 is 1. The van der Waals surface area contributed by atoms with Crippen LogP contribution in [0, 0.1) is 12.7 Å². The van der Waals surface area contributed by atoms with Gasteiger partial charge in [0.05, 0.1) is 42.1 Å². The zero-order chi connectivity index (χ0) is 25.2. The van der Waals surface area contributed by atoms with E-state index in [2.05, 4.69) is 25.8 Å². The van der Waals surface area contributed by atoms with Gasteiger partial charge in [-0.15, -0.1) is 10.2 Å². The zero-order valence-corrected chi connectivity index (χ0v) is 20.3. The highest BCUT2D eigenvalue weighted by atomic mass is 19.1. The van der Waals surface area contributed by atoms with Crippen molar-refractivity contribution in [1.82, 2.24) is 25.1 Å². The Kier molecular flexibility index (Phi) is 6.37. The smallest absolute Gasteiger partial charge is 0.255 e. The number of hydrogen-bond acceptors (Lipinski definition) is 6. The number of nitrogens with zero attached hydrogens (tertiary/aromatic N) is 4. The Balaban J connectivity index is 1.48. The molecule has 8 nitrogen and oxygen atoms in total. The summed E-state index contributed by atoms with van der Waals surface area (Å²) in [7, 11) is 1.61. The average Bonchev–Trinajstić information content (AvgIpc) is 3.60. The van der Waals surface area contributed by atoms with E-state index in [-0.39, 0.29) is 23.8 Å². The Morgan fingerprint density at radius 1 is 1.14 bits per heavy atom. The molecule has 1 aliphatic carbocycles. The van der Waals surface area contributed by atoms with Crippen molar-refractivity contribution in [3.8, 4) is 22.7 Å². The van der Waals surface area contributed by atoms with Gasteiger partial charge in [-0.25, -0.2) is 9.37 Å². The van der Waals surface area contributed by atoms with Crippen molar-refractivity contribution in [2.24, 2.45) is 0 Å². The second-order valence-corrected chi connectivity index (χ2v) is 8.97. The summed E-state index contributed by atoms with van der Waals surface area (Å²) in [4.78, 5) is 17.4. The Labute approximate surface area is 208 Å². The second kappa shape index (κ2) is 9.77. The summed E-state index contributed by atoms with van der Waals surface area (Å²) in [5.74, 6) is 0.498. The van der Waals surface area contributed by atoms with Gasteiger partial charge in [-0.3, -0.25) is 4.79 Å². The topological polar surface area (TPSA) is 94.0 Å². The van der Waals surface area contributed by atoms with Crippen LogP contribution in [0.3, 0.4) is 0 Å². The summed E-state index contributed by atoms with van der Waals surface area (Å²) in [6.07, 6.45) is 5.59. The zero-order valence-electron chi connectivity index (χ0n) is 20.3. The standard InChI is InChI=1S/C27H27FN6O2/c1-16-14-34(15-29-16)24-11-6-19(12-25(24)36-3)23-13-22(27(35)31-21-9-10-21)26(33-32-23)30-17(2)18-4-7-20(28)8-5-18/h4-8,11-15,17,21H,9-10H2,1-3H3,(H,30,33)(H,31,35)/t17-/m0/s1. The van der Waals surface area contributed by atoms with Gasteiger partial charge in [0.1, 0.15) is 11.6 Å². The number of carbonyl (C=O) groups is 1. The molecular weight excluding hydrogens is 459 g/mol. The SMILES string of the molecule is COc1cc(-c2cc(C(=O)NC3CC3)c(N[C@@H](C)c3ccc(F)cc3)nn2)ccc1-n1cnc(C)c1. The highest BCUT2D eigenvalue weighted by Crippen LogP contribution is 2.31. The van der Waals surface area contributed by atoms with Gasteiger partial charge in [-0.05, 0) is 62.6 Å². The molecule has 2 aromatic carbocycles. The lowest BCUT2D eigenvalue weighted by atomic mass is 10.1. The molecule has 1 saturated carbocycles. The minimum atomic E-state index is -0.302. The summed E-state index contributed by atoms with van der Waals surface area (Å²) in [5.41, 5.74) is 4.31. The van der Waals surface area contributed by atoms with Crippen molar-refractivity contribution in [2.45, 2.75) is 38.8 Å². The lowest BCUT2D eigenvalue weighted by Crippen LogP contribution is -2.27. The number of imidazole rings is 1. The number of rotatable bonds is 8. The van der Waals surface area contributed by atoms with E-state index >= 15 is 0 Å². The van der Waals surface area contributed by atoms with Crippen LogP contribution in [-0.4, -0.2) is 38.8 Å². The van der Waals surface area contributed by atoms with Crippen molar-refractivity contribution >= 4 is 11.7 Å². The number of hydrogen-bond donors (Lipinski definition) is 2. The van der Waals surface area contributed by atoms with Gasteiger partial charge in [-0.1, -0.05) is 18.2 Å². The van der Waals surface area contributed by atoms with Crippen LogP contribution in [0.4, 0.5) is 10.2 Å². The number of benzene rings is 2. The van der Waals surface area contributed by atoms with Gasteiger partial charge in [0.25, 0.3) is 5.91 Å². The van der Waals surface area contributed by atoms with E-state index < -0.39 is 0 Å². The fraction of sp³-hybridized carbons (Fsp3) is 0.259. The summed E-state index contributed by atoms with van der Waals surface area (Å²) < 4.78 is 20.9. The van der Waals surface area contributed by atoms with Gasteiger partial charge in [0.15, 0.2) is 5.82 Å². The molecule has 4 aromatic rings. The maximum atomic E-state index is 13.3. The summed E-state index contributed by atoms with van der Waals surface area (Å²) in [6.45, 7) is 3.85. The normalized spacial score (nSPS) is 13.8. The largest absolute Gasteiger partial charge is 0.495 e. The molecular formula is C27H27FN6O2. The molecule has 0 spiro atoms. The minimum Gasteiger partial charge on any atom is -0.495 e. The highest BCUT2D eigenvalue weighted by molar-refractivity contribution is 6.00. The molecule has 1 amide bonds. The molecule has 0 saturated heterocycles. The lowest BCUT2D eigenvalue weighted by molar-refractivity contribution is 0.0951. The first-order chi connectivity index (χ1) is 17.4. The Hall–Kier alpha value is -4.27. The monoisotopic (exact) mass is 486 g/mol. The Bertz CT molecular complexity index is 1400. The average molecular weight is 487 g/mol. The molecule has 36 heavy (non-hydrogen) atoms. The van der Waals surface area contributed by atoms with E-state index in [1.54, 1.807) is 31.6 Å². The van der Waals surface area contributed by atoms with Crippen LogP contribution >= 0.6 is 0 Å². The lowest BCUT2D eigenvalue weighted by Gasteiger charge is -2.18. The maximum absolute atomic E-state index is 13.3. The van der Waals surface area contributed by atoms with E-state index in [4.69, 9.17) is 4.74 Å². The molecule has 1 aliphatic rings. The fourth-order valence-corrected chi connectivity index (χ4v) is 3.95. The van der Waals surface area contributed by atoms with Crippen LogP contribution < -0.4 is 15.4 Å². The van der Waals surface area contributed by atoms with Crippen LogP contribution in [0.2, 0.25) is 0 Å². The molecule has 0 aliphatic heterocycles. The van der Waals surface area contributed by atoms with Gasteiger partial charge in [0, 0.05) is 17.8 Å². The van der Waals surface area contributed by atoms with Gasteiger partial charge < -0.3 is 19.9 Å². The van der Waals surface area contributed by atoms with Crippen molar-refractivity contribution in [3.05, 3.63) is 83.7 Å². The van der Waals surface area contributed by atoms with Crippen LogP contribution in [0.25, 0.3) is 16.9 Å². The minimum absolute atomic E-state index is 0.189. The Morgan fingerprint density at radius 3 is 2.58 bits per heavy atom. The van der Waals surface area contributed by atoms with Gasteiger partial charge >= 0.3 is 0 Å². The quantitative estimate of drug-likeness (QED) is 0.370. The van der Waals surface area contributed by atoms with Crippen molar-refractivity contribution in [2.75, 3.05) is 12.4 Å². The number of nitrogens with one attached hydrogen (secondary N) is 2. The summed E-state index contributed by atoms with van der Waals surface area (Å²) >= 11 is 0. The molecule has 5 rings (SSSR count). The number of aromatic nitrogens is 4. The number of aryl methyl sites for hydroxylation is 1. The summed E-state index contributed by atoms with van der Waals surface area (Å²) in [5, 5.41) is 15.1. The van der Waals surface area contributed by atoms with Gasteiger partial charge in [0.2, 0.25) is 0 Å². The predicted molar refractivity (Wildman–Crippen MR) is 135 cm³/mol. The fourth-order valence-electron chi connectivity index (χ4n) is 3.95. The number of halogens is 1. The molecule has 2 heterocycles. The number of carbonyl (C=O) groups excluding carboxylic acids is 1. The van der Waals surface area contributed by atoms with E-state index in [1.807, 2.05) is 42.8 Å². The molecule has 1 atom stereocenters. The molecule has 1 fully saturated rings. The molecule has 0 radical (unpaired) electrons. The molecule has 0 bridgehead atoms. The van der Waals surface area contributed by atoms with Crippen LogP contribution in [0.1, 0.15) is 47.4 Å². The van der Waals surface area contributed by atoms with E-state index in [1.165, 1.54) is 12.1 Å². The van der Waals surface area contributed by atoms with Crippen molar-refractivity contribution in [1.29, 1.82) is 0 Å². The van der Waals surface area contributed by atoms with E-state index in [0.717, 1.165) is 35.3 Å². The molecule has 184 valence electrons. The van der Waals surface area contributed by atoms with Gasteiger partial charge in [-0.2, -0.15) is 0 Å². The van der Waals surface area contributed by atoms with E-state index in [0.29, 0.717) is 22.8 Å². The number of anilines is 1. The first-order valence-corrected chi connectivity index (χ1v) is 11.8. The van der Waals surface area contributed by atoms with E-state index in [9.17, 15) is 9.18 Å². The third kappa shape index (κ3) is 5.05. The van der Waals surface area contributed by atoms with Crippen LogP contribution in [0.15, 0.2) is 61.1 Å². The van der Waals surface area contributed by atoms with Crippen molar-refractivity contribution in [3.63, 3.8) is 0 Å². The second-order valence-electron chi connectivity index (χ2n) is 8.97. The Morgan fingerprint density at radius 2 is 1.92 bits per heavy atom. The first kappa shape index (κ1) is 23.5. The van der Waals surface area contributed by atoms with Crippen LogP contribution in [-0.2, 0) is 0 Å². The molecule has 9 heteroatoms. The highest BCUT2D eigenvalue weighted by Gasteiger charge is 2.26. The third-order valence-corrected chi connectivity index (χ3v) is 6.14. The number of ether oxygens (including phenoxy) is 1. The predicted octanol–water partition coefficient (Wildman–Crippen LogP) is 4.85.